The lowest BCUT2D eigenvalue weighted by Crippen LogP contribution is -2.12. The van der Waals surface area contributed by atoms with Gasteiger partial charge in [-0.2, -0.15) is 0 Å². The zero-order valence-electron chi connectivity index (χ0n) is 8.37. The number of benzene rings is 1. The Kier molecular flexibility index (Phi) is 5.87. The average molecular weight is 478 g/mol. The molecule has 17 heavy (non-hydrogen) atoms. The number of alkyl halides is 1. The number of rotatable bonds is 4. The summed E-state index contributed by atoms with van der Waals surface area (Å²) in [6.07, 6.45) is 0.238. The Labute approximate surface area is 128 Å². The maximum atomic E-state index is 11.4. The number of carbonyl (C=O) groups excluding carboxylic acids is 1. The molecular formula is C10H7Br2IO4. The van der Waals surface area contributed by atoms with Crippen molar-refractivity contribution < 1.29 is 19.4 Å². The number of hydrogen-bond donors (Lipinski definition) is 1. The van der Waals surface area contributed by atoms with Gasteiger partial charge in [-0.15, -0.1) is 0 Å². The largest absolute Gasteiger partial charge is 0.478 e. The minimum atomic E-state index is -1.15. The second-order valence-electron chi connectivity index (χ2n) is 2.98. The van der Waals surface area contributed by atoms with Gasteiger partial charge in [-0.3, -0.25) is 4.79 Å². The number of carboxylic acids is 1. The Bertz CT molecular complexity index is 462. The van der Waals surface area contributed by atoms with Gasteiger partial charge >= 0.3 is 11.9 Å². The minimum absolute atomic E-state index is 0.0375. The van der Waals surface area contributed by atoms with E-state index in [9.17, 15) is 9.59 Å². The van der Waals surface area contributed by atoms with Crippen molar-refractivity contribution in [3.05, 3.63) is 26.6 Å². The zero-order valence-corrected chi connectivity index (χ0v) is 13.7. The first-order valence-electron chi connectivity index (χ1n) is 4.44. The predicted molar refractivity (Wildman–Crippen MR) is 77.9 cm³/mol. The molecule has 0 amide bonds. The topological polar surface area (TPSA) is 63.6 Å². The number of hydrogen-bond acceptors (Lipinski definition) is 3. The highest BCUT2D eigenvalue weighted by molar-refractivity contribution is 14.1. The van der Waals surface area contributed by atoms with Crippen molar-refractivity contribution >= 4 is 66.4 Å². The number of carboxylic acid groups (broad SMARTS) is 1. The summed E-state index contributed by atoms with van der Waals surface area (Å²) in [6, 6.07) is 3.01. The van der Waals surface area contributed by atoms with Crippen molar-refractivity contribution in [1.29, 1.82) is 0 Å². The van der Waals surface area contributed by atoms with Crippen LogP contribution in [0, 0.1) is 0 Å². The Morgan fingerprint density at radius 3 is 2.53 bits per heavy atom. The van der Waals surface area contributed by atoms with Crippen LogP contribution >= 0.6 is 54.5 Å². The third-order valence-electron chi connectivity index (χ3n) is 1.75. The average Bonchev–Trinajstić information content (AvgIpc) is 2.21. The summed E-state index contributed by atoms with van der Waals surface area (Å²) in [7, 11) is 0. The molecule has 0 aliphatic carbocycles. The SMILES string of the molecule is O=C(CCI)Oc1c(Br)cc(Br)cc1C(=O)O. The second-order valence-corrected chi connectivity index (χ2v) is 5.83. The molecule has 1 aromatic carbocycles. The van der Waals surface area contributed by atoms with Gasteiger partial charge in [-0.1, -0.05) is 38.5 Å². The van der Waals surface area contributed by atoms with E-state index in [0.717, 1.165) is 0 Å². The fourth-order valence-corrected chi connectivity index (χ4v) is 2.81. The lowest BCUT2D eigenvalue weighted by Gasteiger charge is -2.09. The van der Waals surface area contributed by atoms with Gasteiger partial charge < -0.3 is 9.84 Å². The molecule has 0 aliphatic rings. The molecule has 92 valence electrons. The van der Waals surface area contributed by atoms with Crippen LogP contribution in [0.4, 0.5) is 0 Å². The first kappa shape index (κ1) is 14.9. The first-order valence-corrected chi connectivity index (χ1v) is 7.56. The maximum absolute atomic E-state index is 11.4. The van der Waals surface area contributed by atoms with E-state index in [1.807, 2.05) is 22.6 Å². The third-order valence-corrected chi connectivity index (χ3v) is 3.34. The quantitative estimate of drug-likeness (QED) is 0.311. The van der Waals surface area contributed by atoms with Crippen LogP contribution < -0.4 is 4.74 Å². The van der Waals surface area contributed by atoms with Crippen LogP contribution in [0.25, 0.3) is 0 Å². The van der Waals surface area contributed by atoms with Gasteiger partial charge in [0.1, 0.15) is 5.56 Å². The van der Waals surface area contributed by atoms with E-state index in [0.29, 0.717) is 13.4 Å². The summed E-state index contributed by atoms with van der Waals surface area (Å²) in [5.74, 6) is -1.57. The van der Waals surface area contributed by atoms with Crippen LogP contribution in [0.3, 0.4) is 0 Å². The van der Waals surface area contributed by atoms with Gasteiger partial charge in [-0.05, 0) is 28.1 Å². The summed E-state index contributed by atoms with van der Waals surface area (Å²) >= 11 is 8.40. The molecule has 1 rings (SSSR count). The van der Waals surface area contributed by atoms with E-state index in [4.69, 9.17) is 9.84 Å². The van der Waals surface area contributed by atoms with Crippen molar-refractivity contribution in [2.45, 2.75) is 6.42 Å². The molecular weight excluding hydrogens is 471 g/mol. The molecule has 0 saturated carbocycles. The monoisotopic (exact) mass is 476 g/mol. The van der Waals surface area contributed by atoms with E-state index < -0.39 is 11.9 Å². The van der Waals surface area contributed by atoms with Gasteiger partial charge in [-0.25, -0.2) is 4.79 Å². The van der Waals surface area contributed by atoms with Crippen LogP contribution in [0.5, 0.6) is 5.75 Å². The van der Waals surface area contributed by atoms with Gasteiger partial charge in [0, 0.05) is 8.90 Å². The molecule has 0 spiro atoms. The molecule has 0 atom stereocenters. The number of carbonyl (C=O) groups is 2. The summed E-state index contributed by atoms with van der Waals surface area (Å²) < 4.78 is 6.67. The van der Waals surface area contributed by atoms with Crippen LogP contribution in [0.1, 0.15) is 16.8 Å². The van der Waals surface area contributed by atoms with Crippen molar-refractivity contribution in [2.75, 3.05) is 4.43 Å². The van der Waals surface area contributed by atoms with Crippen LogP contribution in [0.15, 0.2) is 21.1 Å². The zero-order chi connectivity index (χ0) is 13.0. The Hall–Kier alpha value is -0.150. The van der Waals surface area contributed by atoms with E-state index in [-0.39, 0.29) is 17.7 Å². The number of esters is 1. The molecule has 1 N–H and O–H groups in total. The standard InChI is InChI=1S/C10H7Br2IO4/c11-5-3-6(10(15)16)9(7(12)4-5)17-8(14)1-2-13/h3-4H,1-2H2,(H,15,16). The highest BCUT2D eigenvalue weighted by Gasteiger charge is 2.18. The molecule has 0 aliphatic heterocycles. The summed E-state index contributed by atoms with van der Waals surface area (Å²) in [6.45, 7) is 0. The Balaban J connectivity index is 3.12. The fraction of sp³-hybridized carbons (Fsp3) is 0.200. The number of aromatic carboxylic acids is 1. The lowest BCUT2D eigenvalue weighted by atomic mass is 10.2. The second kappa shape index (κ2) is 6.69. The van der Waals surface area contributed by atoms with Gasteiger partial charge in [0.05, 0.1) is 10.9 Å². The maximum Gasteiger partial charge on any atom is 0.339 e. The molecule has 0 aromatic heterocycles. The van der Waals surface area contributed by atoms with Crippen molar-refractivity contribution in [3.8, 4) is 5.75 Å². The molecule has 0 bridgehead atoms. The van der Waals surface area contributed by atoms with E-state index in [1.54, 1.807) is 6.07 Å². The number of halogens is 3. The Morgan fingerprint density at radius 2 is 2.00 bits per heavy atom. The van der Waals surface area contributed by atoms with E-state index >= 15 is 0 Å². The summed E-state index contributed by atoms with van der Waals surface area (Å²) in [5.41, 5.74) is -0.0620. The van der Waals surface area contributed by atoms with Crippen LogP contribution in [-0.4, -0.2) is 21.5 Å². The molecule has 0 heterocycles. The number of ether oxygens (including phenoxy) is 1. The predicted octanol–water partition coefficient (Wildman–Crippen LogP) is 3.64. The third kappa shape index (κ3) is 4.22. The van der Waals surface area contributed by atoms with Crippen LogP contribution in [0.2, 0.25) is 0 Å². The lowest BCUT2D eigenvalue weighted by molar-refractivity contribution is -0.133. The molecule has 1 aromatic rings. The fourth-order valence-electron chi connectivity index (χ4n) is 1.06. The molecule has 4 nitrogen and oxygen atoms in total. The molecule has 0 unspecified atom stereocenters. The van der Waals surface area contributed by atoms with E-state index in [2.05, 4.69) is 31.9 Å². The highest BCUT2D eigenvalue weighted by Crippen LogP contribution is 2.33. The minimum Gasteiger partial charge on any atom is -0.478 e. The van der Waals surface area contributed by atoms with Crippen molar-refractivity contribution in [3.63, 3.8) is 0 Å². The highest BCUT2D eigenvalue weighted by atomic mass is 127. The summed E-state index contributed by atoms with van der Waals surface area (Å²) in [4.78, 5) is 22.4. The molecule has 7 heteroatoms. The van der Waals surface area contributed by atoms with Crippen LogP contribution in [-0.2, 0) is 4.79 Å². The van der Waals surface area contributed by atoms with Gasteiger partial charge in [0.15, 0.2) is 5.75 Å². The van der Waals surface area contributed by atoms with Gasteiger partial charge in [0.25, 0.3) is 0 Å². The normalized spacial score (nSPS) is 10.1. The molecule has 0 fully saturated rings. The van der Waals surface area contributed by atoms with Crippen molar-refractivity contribution in [2.24, 2.45) is 0 Å². The Morgan fingerprint density at radius 1 is 1.35 bits per heavy atom. The first-order chi connectivity index (χ1) is 7.95. The van der Waals surface area contributed by atoms with E-state index in [1.165, 1.54) is 6.07 Å². The smallest absolute Gasteiger partial charge is 0.339 e. The molecule has 0 radical (unpaired) electrons. The van der Waals surface area contributed by atoms with Gasteiger partial charge in [0.2, 0.25) is 0 Å². The van der Waals surface area contributed by atoms with Crippen molar-refractivity contribution in [1.82, 2.24) is 0 Å². The summed E-state index contributed by atoms with van der Waals surface area (Å²) in [5, 5.41) is 9.02. The molecule has 0 saturated heterocycles.